The van der Waals surface area contributed by atoms with Crippen molar-refractivity contribution in [1.29, 1.82) is 0 Å². The van der Waals surface area contributed by atoms with Crippen molar-refractivity contribution in [3.05, 3.63) is 0 Å². The Bertz CT molecular complexity index is 292. The number of nitrogens with one attached hydrogen (secondary N) is 1. The molecule has 3 unspecified atom stereocenters. The Labute approximate surface area is 125 Å². The molecule has 0 aromatic heterocycles. The Balaban J connectivity index is 1.98. The number of hydrogen-bond donors (Lipinski definition) is 1. The van der Waals surface area contributed by atoms with Gasteiger partial charge in [0, 0.05) is 38.3 Å². The summed E-state index contributed by atoms with van der Waals surface area (Å²) in [7, 11) is 0. The van der Waals surface area contributed by atoms with Gasteiger partial charge in [-0.3, -0.25) is 4.90 Å². The second-order valence-corrected chi connectivity index (χ2v) is 8.18. The minimum atomic E-state index is 0.337. The van der Waals surface area contributed by atoms with Crippen LogP contribution in [0.1, 0.15) is 47.5 Å². The first-order chi connectivity index (χ1) is 9.38. The molecule has 3 heteroatoms. The zero-order valence-corrected chi connectivity index (χ0v) is 14.1. The van der Waals surface area contributed by atoms with Crippen LogP contribution in [0, 0.1) is 17.3 Å². The van der Waals surface area contributed by atoms with Crippen LogP contribution in [0.2, 0.25) is 0 Å². The SMILES string of the molecule is CC(C)C1CNC(C(C)(C)C)CN1CC1CCCOC1. The first kappa shape index (κ1) is 16.3. The van der Waals surface area contributed by atoms with E-state index in [-0.39, 0.29) is 0 Å². The summed E-state index contributed by atoms with van der Waals surface area (Å²) in [5.74, 6) is 1.46. The van der Waals surface area contributed by atoms with E-state index in [0.717, 1.165) is 25.7 Å². The molecule has 2 aliphatic heterocycles. The molecule has 118 valence electrons. The Hall–Kier alpha value is -0.120. The zero-order valence-electron chi connectivity index (χ0n) is 14.1. The Morgan fingerprint density at radius 2 is 2.05 bits per heavy atom. The fraction of sp³-hybridized carbons (Fsp3) is 1.00. The summed E-state index contributed by atoms with van der Waals surface area (Å²) in [5, 5.41) is 3.78. The van der Waals surface area contributed by atoms with Crippen LogP contribution in [0.25, 0.3) is 0 Å². The monoisotopic (exact) mass is 282 g/mol. The maximum Gasteiger partial charge on any atom is 0.0506 e. The molecular weight excluding hydrogens is 248 g/mol. The highest BCUT2D eigenvalue weighted by Gasteiger charge is 2.36. The number of hydrogen-bond acceptors (Lipinski definition) is 3. The molecule has 2 saturated heterocycles. The average molecular weight is 282 g/mol. The fourth-order valence-electron chi connectivity index (χ4n) is 3.56. The van der Waals surface area contributed by atoms with Gasteiger partial charge < -0.3 is 10.1 Å². The van der Waals surface area contributed by atoms with Gasteiger partial charge in [-0.2, -0.15) is 0 Å². The van der Waals surface area contributed by atoms with Crippen LogP contribution in [0.4, 0.5) is 0 Å². The summed E-state index contributed by atoms with van der Waals surface area (Å²) in [5.41, 5.74) is 0.337. The third kappa shape index (κ3) is 4.19. The molecule has 0 radical (unpaired) electrons. The molecule has 0 aromatic carbocycles. The lowest BCUT2D eigenvalue weighted by Gasteiger charge is -2.47. The van der Waals surface area contributed by atoms with E-state index in [9.17, 15) is 0 Å². The van der Waals surface area contributed by atoms with E-state index >= 15 is 0 Å². The van der Waals surface area contributed by atoms with Gasteiger partial charge in [0.2, 0.25) is 0 Å². The van der Waals surface area contributed by atoms with E-state index in [1.807, 2.05) is 0 Å². The quantitative estimate of drug-likeness (QED) is 0.861. The highest BCUT2D eigenvalue weighted by atomic mass is 16.5. The number of rotatable bonds is 3. The van der Waals surface area contributed by atoms with Crippen molar-refractivity contribution in [2.24, 2.45) is 17.3 Å². The van der Waals surface area contributed by atoms with Crippen molar-refractivity contribution < 1.29 is 4.74 Å². The van der Waals surface area contributed by atoms with Gasteiger partial charge in [-0.15, -0.1) is 0 Å². The van der Waals surface area contributed by atoms with Gasteiger partial charge in [0.05, 0.1) is 6.61 Å². The van der Waals surface area contributed by atoms with E-state index < -0.39 is 0 Å². The van der Waals surface area contributed by atoms with Crippen LogP contribution in [0.5, 0.6) is 0 Å². The Kier molecular flexibility index (Phi) is 5.49. The highest BCUT2D eigenvalue weighted by molar-refractivity contribution is 4.93. The van der Waals surface area contributed by atoms with E-state index in [0.29, 0.717) is 23.4 Å². The predicted molar refractivity (Wildman–Crippen MR) is 85.0 cm³/mol. The molecule has 0 spiro atoms. The lowest BCUT2D eigenvalue weighted by Crippen LogP contribution is -2.62. The molecule has 0 aromatic rings. The van der Waals surface area contributed by atoms with Crippen LogP contribution < -0.4 is 5.32 Å². The smallest absolute Gasteiger partial charge is 0.0506 e. The predicted octanol–water partition coefficient (Wildman–Crippen LogP) is 2.76. The normalized spacial score (nSPS) is 33.6. The van der Waals surface area contributed by atoms with Gasteiger partial charge in [0.1, 0.15) is 0 Å². The maximum absolute atomic E-state index is 5.67. The summed E-state index contributed by atoms with van der Waals surface area (Å²) >= 11 is 0. The molecule has 1 N–H and O–H groups in total. The third-order valence-electron chi connectivity index (χ3n) is 5.02. The molecule has 0 saturated carbocycles. The van der Waals surface area contributed by atoms with Gasteiger partial charge >= 0.3 is 0 Å². The molecule has 3 atom stereocenters. The van der Waals surface area contributed by atoms with Crippen molar-refractivity contribution in [2.75, 3.05) is 32.8 Å². The minimum Gasteiger partial charge on any atom is -0.381 e. The van der Waals surface area contributed by atoms with Gasteiger partial charge in [-0.05, 0) is 30.1 Å². The van der Waals surface area contributed by atoms with Gasteiger partial charge in [0.25, 0.3) is 0 Å². The summed E-state index contributed by atoms with van der Waals surface area (Å²) in [6, 6.07) is 1.28. The molecule has 2 aliphatic rings. The van der Waals surface area contributed by atoms with Crippen molar-refractivity contribution >= 4 is 0 Å². The molecule has 2 rings (SSSR count). The molecule has 0 bridgehead atoms. The molecule has 2 fully saturated rings. The van der Waals surface area contributed by atoms with Crippen LogP contribution in [0.3, 0.4) is 0 Å². The molecule has 0 amide bonds. The lowest BCUT2D eigenvalue weighted by molar-refractivity contribution is 0.00475. The minimum absolute atomic E-state index is 0.337. The van der Waals surface area contributed by atoms with Crippen LogP contribution in [-0.2, 0) is 4.74 Å². The summed E-state index contributed by atoms with van der Waals surface area (Å²) in [6.07, 6.45) is 2.58. The van der Waals surface area contributed by atoms with Crippen LogP contribution in [0.15, 0.2) is 0 Å². The molecular formula is C17H34N2O. The van der Waals surface area contributed by atoms with Crippen LogP contribution in [-0.4, -0.2) is 49.8 Å². The van der Waals surface area contributed by atoms with E-state index in [1.54, 1.807) is 0 Å². The average Bonchev–Trinajstić information content (AvgIpc) is 2.38. The summed E-state index contributed by atoms with van der Waals surface area (Å²) in [4.78, 5) is 2.75. The fourth-order valence-corrected chi connectivity index (χ4v) is 3.56. The van der Waals surface area contributed by atoms with Gasteiger partial charge in [0.15, 0.2) is 0 Å². The lowest BCUT2D eigenvalue weighted by atomic mass is 9.83. The molecule has 3 nitrogen and oxygen atoms in total. The number of ether oxygens (including phenoxy) is 1. The number of nitrogens with zero attached hydrogens (tertiary/aromatic N) is 1. The first-order valence-corrected chi connectivity index (χ1v) is 8.43. The van der Waals surface area contributed by atoms with E-state index in [2.05, 4.69) is 44.8 Å². The van der Waals surface area contributed by atoms with E-state index in [1.165, 1.54) is 25.9 Å². The second kappa shape index (κ2) is 6.76. The van der Waals surface area contributed by atoms with Crippen molar-refractivity contribution in [2.45, 2.75) is 59.5 Å². The van der Waals surface area contributed by atoms with Crippen molar-refractivity contribution in [3.8, 4) is 0 Å². The maximum atomic E-state index is 5.67. The molecule has 2 heterocycles. The number of piperazine rings is 1. The summed E-state index contributed by atoms with van der Waals surface area (Å²) in [6.45, 7) is 17.2. The standard InChI is InChI=1S/C17H34N2O/c1-13(2)15-9-18-16(17(3,4)5)11-19(15)10-14-7-6-8-20-12-14/h13-16,18H,6-12H2,1-5H3. The van der Waals surface area contributed by atoms with Gasteiger partial charge in [-0.1, -0.05) is 34.6 Å². The Morgan fingerprint density at radius 1 is 1.30 bits per heavy atom. The largest absolute Gasteiger partial charge is 0.381 e. The zero-order chi connectivity index (χ0) is 14.8. The molecule has 20 heavy (non-hydrogen) atoms. The molecule has 0 aliphatic carbocycles. The summed E-state index contributed by atoms with van der Waals surface area (Å²) < 4.78 is 5.67. The van der Waals surface area contributed by atoms with Crippen molar-refractivity contribution in [3.63, 3.8) is 0 Å². The van der Waals surface area contributed by atoms with Crippen molar-refractivity contribution in [1.82, 2.24) is 10.2 Å². The highest BCUT2D eigenvalue weighted by Crippen LogP contribution is 2.27. The van der Waals surface area contributed by atoms with Gasteiger partial charge in [-0.25, -0.2) is 0 Å². The van der Waals surface area contributed by atoms with Crippen LogP contribution >= 0.6 is 0 Å². The third-order valence-corrected chi connectivity index (χ3v) is 5.02. The second-order valence-electron chi connectivity index (χ2n) is 8.18. The topological polar surface area (TPSA) is 24.5 Å². The Morgan fingerprint density at radius 3 is 2.60 bits per heavy atom. The van der Waals surface area contributed by atoms with E-state index in [4.69, 9.17) is 4.74 Å². The first-order valence-electron chi connectivity index (χ1n) is 8.43.